The summed E-state index contributed by atoms with van der Waals surface area (Å²) in [4.78, 5) is 60.1. The summed E-state index contributed by atoms with van der Waals surface area (Å²) in [7, 11) is 0. The molecular formula is C25H21N7O10S4. The summed E-state index contributed by atoms with van der Waals surface area (Å²) in [6.07, 6.45) is -1.22. The molecule has 17 nitrogen and oxygen atoms in total. The van der Waals surface area contributed by atoms with Gasteiger partial charge in [-0.1, -0.05) is 28.3 Å². The number of carbonyl (C=O) groups is 4. The first-order valence-corrected chi connectivity index (χ1v) is 16.8. The topological polar surface area (TPSA) is 260 Å². The second-order valence-electron chi connectivity index (χ2n) is 9.90. The van der Waals surface area contributed by atoms with Gasteiger partial charge in [0.25, 0.3) is 11.8 Å². The molecule has 1 saturated heterocycles. The van der Waals surface area contributed by atoms with Crippen LogP contribution in [0, 0.1) is 0 Å². The number of thioether (sulfide) groups is 2. The minimum absolute atomic E-state index is 0.0252. The summed E-state index contributed by atoms with van der Waals surface area (Å²) in [5.41, 5.74) is 4.84. The normalized spacial score (nSPS) is 20.0. The number of aromatic hydroxyl groups is 2. The molecule has 0 unspecified atom stereocenters. The summed E-state index contributed by atoms with van der Waals surface area (Å²) in [6.45, 7) is 0. The lowest BCUT2D eigenvalue weighted by Crippen LogP contribution is -2.70. The van der Waals surface area contributed by atoms with Crippen molar-refractivity contribution < 1.29 is 49.2 Å². The van der Waals surface area contributed by atoms with Crippen LogP contribution in [0.1, 0.15) is 18.5 Å². The van der Waals surface area contributed by atoms with Crippen LogP contribution in [-0.4, -0.2) is 98.7 Å². The molecule has 3 aliphatic rings. The molecule has 2 fully saturated rings. The van der Waals surface area contributed by atoms with E-state index < -0.39 is 41.0 Å². The van der Waals surface area contributed by atoms with E-state index in [-0.39, 0.29) is 58.3 Å². The Bertz CT molecular complexity index is 1820. The predicted molar refractivity (Wildman–Crippen MR) is 164 cm³/mol. The van der Waals surface area contributed by atoms with Crippen LogP contribution in [0.25, 0.3) is 10.6 Å². The fraction of sp³-hybridized carbons (Fsp3) is 0.280. The number of nitrogens with one attached hydrogen (secondary N) is 1. The van der Waals surface area contributed by atoms with Crippen molar-refractivity contribution in [3.05, 3.63) is 40.7 Å². The smallest absolute Gasteiger partial charge is 0.504 e. The molecule has 2 atom stereocenters. The molecule has 0 spiro atoms. The lowest BCUT2D eigenvalue weighted by Gasteiger charge is -2.49. The van der Waals surface area contributed by atoms with Gasteiger partial charge in [0, 0.05) is 40.9 Å². The van der Waals surface area contributed by atoms with Crippen molar-refractivity contribution in [3.63, 3.8) is 0 Å². The van der Waals surface area contributed by atoms with E-state index in [2.05, 4.69) is 25.7 Å². The molecule has 0 radical (unpaired) electrons. The fourth-order valence-electron chi connectivity index (χ4n) is 4.30. The minimum atomic E-state index is -1.63. The van der Waals surface area contributed by atoms with Crippen molar-refractivity contribution in [1.82, 2.24) is 25.4 Å². The number of hydrogen-bond acceptors (Lipinski definition) is 17. The number of β-lactam (4-membered cyclic amide) rings is 1. The number of nitrogens with zero attached hydrogens (tertiary/aromatic N) is 5. The zero-order valence-corrected chi connectivity index (χ0v) is 26.2. The highest BCUT2D eigenvalue weighted by Gasteiger charge is 2.56. The second-order valence-corrected chi connectivity index (χ2v) is 14.1. The number of rotatable bonds is 11. The average Bonchev–Trinajstić information content (AvgIpc) is 3.45. The van der Waals surface area contributed by atoms with Gasteiger partial charge >= 0.3 is 12.1 Å². The van der Waals surface area contributed by atoms with Crippen LogP contribution in [0.15, 0.2) is 44.5 Å². The van der Waals surface area contributed by atoms with E-state index >= 15 is 0 Å². The van der Waals surface area contributed by atoms with Crippen LogP contribution >= 0.6 is 46.2 Å². The number of nitrogens with two attached hydrogens (primary N) is 1. The molecule has 46 heavy (non-hydrogen) atoms. The molecule has 7 N–H and O–H groups in total. The Morgan fingerprint density at radius 3 is 2.63 bits per heavy atom. The Morgan fingerprint density at radius 2 is 1.98 bits per heavy atom. The van der Waals surface area contributed by atoms with Gasteiger partial charge in [-0.15, -0.1) is 33.3 Å². The van der Waals surface area contributed by atoms with Crippen LogP contribution in [0.2, 0.25) is 0 Å². The van der Waals surface area contributed by atoms with Gasteiger partial charge in [-0.3, -0.25) is 14.5 Å². The number of carboxylic acids is 1. The third-order valence-corrected chi connectivity index (χ3v) is 11.1. The third-order valence-electron chi connectivity index (χ3n) is 6.85. The number of phenols is 2. The molecule has 2 amide bonds. The minimum Gasteiger partial charge on any atom is -0.504 e. The lowest BCUT2D eigenvalue weighted by molar-refractivity contribution is -0.153. The fourth-order valence-corrected chi connectivity index (χ4v) is 8.15. The number of anilines is 1. The zero-order chi connectivity index (χ0) is 32.7. The summed E-state index contributed by atoms with van der Waals surface area (Å²) < 4.78 is 5.55. The van der Waals surface area contributed by atoms with Crippen molar-refractivity contribution >= 4 is 81.0 Å². The Morgan fingerprint density at radius 1 is 1.20 bits per heavy atom. The molecule has 6 rings (SSSR count). The maximum atomic E-state index is 13.3. The molecular weight excluding hydrogens is 687 g/mol. The number of carboxylic acid groups (broad SMARTS) is 2. The summed E-state index contributed by atoms with van der Waals surface area (Å²) in [5.74, 6) is -3.04. The first-order valence-electron chi connectivity index (χ1n) is 13.0. The third kappa shape index (κ3) is 6.12. The lowest BCUT2D eigenvalue weighted by atomic mass is 10.1. The first-order chi connectivity index (χ1) is 22.0. The van der Waals surface area contributed by atoms with Crippen molar-refractivity contribution in [3.8, 4) is 22.1 Å². The molecule has 240 valence electrons. The Kier molecular flexibility index (Phi) is 8.39. The SMILES string of the molecule is Nc1nc(C(=NOC2(C(=O)O)CC2)C(=O)N[C@@H]2C(=O)N3C(OC(=O)O)=C(CSc4nnc(-c5ccc(O)c(O)c5)s4)CS[C@@H]23)cs1. The van der Waals surface area contributed by atoms with E-state index in [1.807, 2.05) is 0 Å². The van der Waals surface area contributed by atoms with Crippen LogP contribution in [-0.2, 0) is 24.0 Å². The number of phenolic OH excluding ortho intramolecular Hbond substituents is 2. The second kappa shape index (κ2) is 12.3. The summed E-state index contributed by atoms with van der Waals surface area (Å²) >= 11 is 4.73. The monoisotopic (exact) mass is 707 g/mol. The van der Waals surface area contributed by atoms with Crippen LogP contribution in [0.5, 0.6) is 11.5 Å². The predicted octanol–water partition coefficient (Wildman–Crippen LogP) is 2.09. The molecule has 0 bridgehead atoms. The molecule has 1 saturated carbocycles. The van der Waals surface area contributed by atoms with E-state index in [9.17, 15) is 39.6 Å². The number of benzene rings is 1. The number of aliphatic carboxylic acids is 1. The zero-order valence-electron chi connectivity index (χ0n) is 23.0. The van der Waals surface area contributed by atoms with E-state index in [1.54, 1.807) is 6.07 Å². The van der Waals surface area contributed by atoms with Gasteiger partial charge in [0.1, 0.15) is 22.1 Å². The summed E-state index contributed by atoms with van der Waals surface area (Å²) in [6, 6.07) is 3.15. The van der Waals surface area contributed by atoms with Gasteiger partial charge in [-0.25, -0.2) is 14.6 Å². The number of fused-ring (bicyclic) bond motifs is 1. The van der Waals surface area contributed by atoms with Gasteiger partial charge in [0.2, 0.25) is 11.5 Å². The van der Waals surface area contributed by atoms with E-state index in [1.165, 1.54) is 52.4 Å². The number of carbonyl (C=O) groups excluding carboxylic acids is 2. The quantitative estimate of drug-likeness (QED) is 0.0416. The molecule has 2 aromatic heterocycles. The van der Waals surface area contributed by atoms with E-state index in [0.717, 1.165) is 16.2 Å². The van der Waals surface area contributed by atoms with Gasteiger partial charge in [0.15, 0.2) is 26.7 Å². The number of nitrogen functional groups attached to an aromatic ring is 1. The maximum Gasteiger partial charge on any atom is 0.512 e. The van der Waals surface area contributed by atoms with Crippen molar-refractivity contribution in [2.75, 3.05) is 17.2 Å². The largest absolute Gasteiger partial charge is 0.512 e. The number of hydrogen-bond donors (Lipinski definition) is 6. The van der Waals surface area contributed by atoms with Crippen LogP contribution in [0.3, 0.4) is 0 Å². The molecule has 3 aromatic rings. The Hall–Kier alpha value is -4.60. The van der Waals surface area contributed by atoms with Gasteiger partial charge < -0.3 is 41.1 Å². The molecule has 2 aliphatic heterocycles. The number of aromatic nitrogens is 3. The van der Waals surface area contributed by atoms with Gasteiger partial charge in [-0.2, -0.15) is 0 Å². The Labute approximate surface area is 274 Å². The highest BCUT2D eigenvalue weighted by atomic mass is 32.2. The maximum absolute atomic E-state index is 13.3. The molecule has 4 heterocycles. The molecule has 1 aliphatic carbocycles. The number of thiazole rings is 1. The van der Waals surface area contributed by atoms with Crippen molar-refractivity contribution in [2.45, 2.75) is 34.2 Å². The standard InChI is InChI=1S/C25H21N7O10S4/c26-22-27-11(8-44-22)14(31-42-25(3-4-25)21(37)38)16(35)28-15-18(36)32-19(41-24(39)40)10(6-43-20(15)32)7-45-23-30-29-17(46-23)9-1-2-12(33)13(34)5-9/h1-2,5,8,15,20,33-34H,3-4,6-7H2,(H2,26,27)(H,28,35)(H,37,38)(H,39,40)/t15-,20+/m1/s1. The van der Waals surface area contributed by atoms with E-state index in [4.69, 9.17) is 15.3 Å². The van der Waals surface area contributed by atoms with Crippen LogP contribution in [0.4, 0.5) is 9.93 Å². The van der Waals surface area contributed by atoms with Gasteiger partial charge in [-0.05, 0) is 18.2 Å². The molecule has 1 aromatic carbocycles. The van der Waals surface area contributed by atoms with Crippen molar-refractivity contribution in [2.24, 2.45) is 5.16 Å². The number of ether oxygens (including phenoxy) is 1. The summed E-state index contributed by atoms with van der Waals surface area (Å²) in [5, 5.41) is 54.0. The highest BCUT2D eigenvalue weighted by molar-refractivity contribution is 8.01. The average molecular weight is 708 g/mol. The Balaban J connectivity index is 1.16. The highest BCUT2D eigenvalue weighted by Crippen LogP contribution is 2.43. The molecule has 21 heteroatoms. The van der Waals surface area contributed by atoms with Gasteiger partial charge in [0.05, 0.1) is 0 Å². The van der Waals surface area contributed by atoms with Crippen molar-refractivity contribution in [1.29, 1.82) is 0 Å². The number of amides is 2. The first kappa shape index (κ1) is 31.4. The van der Waals surface area contributed by atoms with Crippen LogP contribution < -0.4 is 11.1 Å². The number of oxime groups is 1. The van der Waals surface area contributed by atoms with E-state index in [0.29, 0.717) is 20.5 Å².